The second-order valence-corrected chi connectivity index (χ2v) is 4.20. The van der Waals surface area contributed by atoms with Crippen LogP contribution in [0.15, 0.2) is 18.5 Å². The van der Waals surface area contributed by atoms with Crippen molar-refractivity contribution < 1.29 is 0 Å². The van der Waals surface area contributed by atoms with E-state index in [9.17, 15) is 0 Å². The molecule has 2 heteroatoms. The molecule has 0 aliphatic carbocycles. The standard InChI is InChI=1S/C12H18N2/c1-10-9-14-7-4-12(10)8-11-2-5-13-6-3-11/h4,7,9,11,13H,2-3,5-6,8H2,1H3. The van der Waals surface area contributed by atoms with Crippen LogP contribution in [0.2, 0.25) is 0 Å². The molecule has 0 saturated carbocycles. The maximum Gasteiger partial charge on any atom is 0.0299 e. The Balaban J connectivity index is 1.99. The molecule has 0 spiro atoms. The van der Waals surface area contributed by atoms with Gasteiger partial charge in [-0.25, -0.2) is 0 Å². The zero-order chi connectivity index (χ0) is 9.80. The SMILES string of the molecule is Cc1cnccc1CC1CCNCC1. The Hall–Kier alpha value is -0.890. The summed E-state index contributed by atoms with van der Waals surface area (Å²) in [5, 5.41) is 3.40. The lowest BCUT2D eigenvalue weighted by atomic mass is 9.90. The van der Waals surface area contributed by atoms with Crippen LogP contribution in [0.25, 0.3) is 0 Å². The quantitative estimate of drug-likeness (QED) is 0.771. The summed E-state index contributed by atoms with van der Waals surface area (Å²) >= 11 is 0. The van der Waals surface area contributed by atoms with Gasteiger partial charge in [-0.2, -0.15) is 0 Å². The van der Waals surface area contributed by atoms with Gasteiger partial charge in [0.2, 0.25) is 0 Å². The number of aryl methyl sites for hydroxylation is 1. The van der Waals surface area contributed by atoms with E-state index in [4.69, 9.17) is 0 Å². The number of nitrogens with zero attached hydrogens (tertiary/aromatic N) is 1. The van der Waals surface area contributed by atoms with Gasteiger partial charge in [-0.15, -0.1) is 0 Å². The van der Waals surface area contributed by atoms with E-state index >= 15 is 0 Å². The summed E-state index contributed by atoms with van der Waals surface area (Å²) in [5.74, 6) is 0.873. The van der Waals surface area contributed by atoms with E-state index in [1.165, 1.54) is 43.5 Å². The highest BCUT2D eigenvalue weighted by Crippen LogP contribution is 2.19. The van der Waals surface area contributed by atoms with Crippen molar-refractivity contribution in [1.82, 2.24) is 10.3 Å². The molecule has 1 saturated heterocycles. The van der Waals surface area contributed by atoms with E-state index in [2.05, 4.69) is 23.3 Å². The lowest BCUT2D eigenvalue weighted by molar-refractivity contribution is 0.372. The second kappa shape index (κ2) is 4.56. The summed E-state index contributed by atoms with van der Waals surface area (Å²) in [4.78, 5) is 4.13. The van der Waals surface area contributed by atoms with Crippen LogP contribution < -0.4 is 5.32 Å². The van der Waals surface area contributed by atoms with Crippen molar-refractivity contribution >= 4 is 0 Å². The molecule has 1 aromatic heterocycles. The Labute approximate surface area is 85.7 Å². The first-order valence-corrected chi connectivity index (χ1v) is 5.46. The van der Waals surface area contributed by atoms with Crippen LogP contribution in [0.4, 0.5) is 0 Å². The molecule has 0 atom stereocenters. The van der Waals surface area contributed by atoms with Crippen molar-refractivity contribution in [3.63, 3.8) is 0 Å². The number of hydrogen-bond acceptors (Lipinski definition) is 2. The van der Waals surface area contributed by atoms with Gasteiger partial charge in [-0.05, 0) is 62.4 Å². The summed E-state index contributed by atoms with van der Waals surface area (Å²) in [7, 11) is 0. The molecule has 1 N–H and O–H groups in total. The summed E-state index contributed by atoms with van der Waals surface area (Å²) in [6.45, 7) is 4.53. The first kappa shape index (κ1) is 9.66. The van der Waals surface area contributed by atoms with E-state index in [-0.39, 0.29) is 0 Å². The Morgan fingerprint density at radius 1 is 1.43 bits per heavy atom. The van der Waals surface area contributed by atoms with Gasteiger partial charge < -0.3 is 5.32 Å². The molecule has 0 amide bonds. The third-order valence-electron chi connectivity index (χ3n) is 3.10. The van der Waals surface area contributed by atoms with E-state index in [1.54, 1.807) is 0 Å². The molecule has 0 bridgehead atoms. The van der Waals surface area contributed by atoms with Crippen LogP contribution in [0, 0.1) is 12.8 Å². The zero-order valence-corrected chi connectivity index (χ0v) is 8.79. The largest absolute Gasteiger partial charge is 0.317 e. The van der Waals surface area contributed by atoms with Gasteiger partial charge >= 0.3 is 0 Å². The first-order chi connectivity index (χ1) is 6.86. The zero-order valence-electron chi connectivity index (χ0n) is 8.79. The smallest absolute Gasteiger partial charge is 0.0299 e. The van der Waals surface area contributed by atoms with Crippen LogP contribution in [-0.2, 0) is 6.42 Å². The number of rotatable bonds is 2. The van der Waals surface area contributed by atoms with E-state index in [0.29, 0.717) is 0 Å². The summed E-state index contributed by atoms with van der Waals surface area (Å²) in [6, 6.07) is 2.16. The fraction of sp³-hybridized carbons (Fsp3) is 0.583. The van der Waals surface area contributed by atoms with E-state index < -0.39 is 0 Å². The molecular formula is C12H18N2. The maximum absolute atomic E-state index is 4.13. The molecule has 0 unspecified atom stereocenters. The summed E-state index contributed by atoms with van der Waals surface area (Å²) < 4.78 is 0. The fourth-order valence-corrected chi connectivity index (χ4v) is 2.13. The highest BCUT2D eigenvalue weighted by molar-refractivity contribution is 5.22. The van der Waals surface area contributed by atoms with Gasteiger partial charge in [0.25, 0.3) is 0 Å². The molecule has 1 fully saturated rings. The van der Waals surface area contributed by atoms with E-state index in [1.807, 2.05) is 12.4 Å². The predicted molar refractivity (Wildman–Crippen MR) is 58.3 cm³/mol. The van der Waals surface area contributed by atoms with Gasteiger partial charge in [-0.3, -0.25) is 4.98 Å². The van der Waals surface area contributed by atoms with Crippen LogP contribution in [0.5, 0.6) is 0 Å². The van der Waals surface area contributed by atoms with Crippen molar-refractivity contribution in [1.29, 1.82) is 0 Å². The van der Waals surface area contributed by atoms with Crippen LogP contribution in [-0.4, -0.2) is 18.1 Å². The summed E-state index contributed by atoms with van der Waals surface area (Å²) in [6.07, 6.45) is 7.75. The normalized spacial score (nSPS) is 18.4. The maximum atomic E-state index is 4.13. The van der Waals surface area contributed by atoms with Crippen molar-refractivity contribution in [2.45, 2.75) is 26.2 Å². The number of hydrogen-bond donors (Lipinski definition) is 1. The van der Waals surface area contributed by atoms with Gasteiger partial charge in [0, 0.05) is 12.4 Å². The van der Waals surface area contributed by atoms with Crippen molar-refractivity contribution in [3.8, 4) is 0 Å². The highest BCUT2D eigenvalue weighted by Gasteiger charge is 2.13. The molecule has 1 aromatic rings. The number of aromatic nitrogens is 1. The molecule has 0 radical (unpaired) electrons. The van der Waals surface area contributed by atoms with Crippen molar-refractivity contribution in [2.75, 3.05) is 13.1 Å². The van der Waals surface area contributed by atoms with Gasteiger partial charge in [0.1, 0.15) is 0 Å². The van der Waals surface area contributed by atoms with Crippen molar-refractivity contribution in [2.24, 2.45) is 5.92 Å². The Morgan fingerprint density at radius 2 is 2.21 bits per heavy atom. The van der Waals surface area contributed by atoms with Gasteiger partial charge in [0.05, 0.1) is 0 Å². The molecule has 0 aromatic carbocycles. The lowest BCUT2D eigenvalue weighted by Crippen LogP contribution is -2.28. The van der Waals surface area contributed by atoms with Crippen LogP contribution >= 0.6 is 0 Å². The number of nitrogens with one attached hydrogen (secondary N) is 1. The Morgan fingerprint density at radius 3 is 2.93 bits per heavy atom. The van der Waals surface area contributed by atoms with Crippen LogP contribution in [0.3, 0.4) is 0 Å². The number of piperidine rings is 1. The topological polar surface area (TPSA) is 24.9 Å². The minimum atomic E-state index is 0.873. The van der Waals surface area contributed by atoms with Crippen molar-refractivity contribution in [3.05, 3.63) is 29.6 Å². The average Bonchev–Trinajstić information content (AvgIpc) is 2.23. The fourth-order valence-electron chi connectivity index (χ4n) is 2.13. The molecule has 1 aliphatic rings. The monoisotopic (exact) mass is 190 g/mol. The minimum absolute atomic E-state index is 0.873. The minimum Gasteiger partial charge on any atom is -0.317 e. The molecule has 1 aliphatic heterocycles. The number of pyridine rings is 1. The van der Waals surface area contributed by atoms with Crippen LogP contribution in [0.1, 0.15) is 24.0 Å². The Bertz CT molecular complexity index is 290. The van der Waals surface area contributed by atoms with E-state index in [0.717, 1.165) is 5.92 Å². The molecular weight excluding hydrogens is 172 g/mol. The molecule has 2 nitrogen and oxygen atoms in total. The third kappa shape index (κ3) is 2.32. The van der Waals surface area contributed by atoms with Gasteiger partial charge in [-0.1, -0.05) is 0 Å². The summed E-state index contributed by atoms with van der Waals surface area (Å²) in [5.41, 5.74) is 2.82. The third-order valence-corrected chi connectivity index (χ3v) is 3.10. The lowest BCUT2D eigenvalue weighted by Gasteiger charge is -2.23. The predicted octanol–water partition coefficient (Wildman–Crippen LogP) is 1.93. The average molecular weight is 190 g/mol. The molecule has 14 heavy (non-hydrogen) atoms. The molecule has 2 rings (SSSR count). The second-order valence-electron chi connectivity index (χ2n) is 4.20. The highest BCUT2D eigenvalue weighted by atomic mass is 14.9. The molecule has 76 valence electrons. The first-order valence-electron chi connectivity index (χ1n) is 5.46. The molecule has 2 heterocycles. The van der Waals surface area contributed by atoms with Gasteiger partial charge in [0.15, 0.2) is 0 Å². The Kier molecular flexibility index (Phi) is 3.14.